The van der Waals surface area contributed by atoms with Crippen LogP contribution in [0.2, 0.25) is 0 Å². The van der Waals surface area contributed by atoms with Gasteiger partial charge in [0.25, 0.3) is 5.91 Å². The molecular formula is C21H24N2O5. The SMILES string of the molecule is C[C@]1(c2ccc3c(c2)CCC3)NC(=O)N(C[C@@H](O)COCc2ccco2)C1=O. The summed E-state index contributed by atoms with van der Waals surface area (Å²) < 4.78 is 10.5. The summed E-state index contributed by atoms with van der Waals surface area (Å²) in [5.74, 6) is 0.284. The summed E-state index contributed by atoms with van der Waals surface area (Å²) in [6, 6.07) is 9.00. The van der Waals surface area contributed by atoms with Gasteiger partial charge in [0.05, 0.1) is 25.5 Å². The predicted molar refractivity (Wildman–Crippen MR) is 100 cm³/mol. The highest BCUT2D eigenvalue weighted by molar-refractivity contribution is 6.07. The Balaban J connectivity index is 1.40. The Hall–Kier alpha value is -2.64. The molecule has 1 fully saturated rings. The lowest BCUT2D eigenvalue weighted by Gasteiger charge is -2.23. The summed E-state index contributed by atoms with van der Waals surface area (Å²) in [6.45, 7) is 1.80. The summed E-state index contributed by atoms with van der Waals surface area (Å²) in [6.07, 6.45) is 3.74. The zero-order valence-electron chi connectivity index (χ0n) is 15.8. The van der Waals surface area contributed by atoms with Crippen molar-refractivity contribution in [2.75, 3.05) is 13.2 Å². The minimum atomic E-state index is -1.12. The molecule has 3 amide bonds. The largest absolute Gasteiger partial charge is 0.467 e. The average molecular weight is 384 g/mol. The van der Waals surface area contributed by atoms with Gasteiger partial charge in [0.2, 0.25) is 0 Å². The van der Waals surface area contributed by atoms with E-state index in [1.807, 2.05) is 18.2 Å². The molecule has 0 spiro atoms. The van der Waals surface area contributed by atoms with Crippen molar-refractivity contribution in [3.63, 3.8) is 0 Å². The fourth-order valence-electron chi connectivity index (χ4n) is 3.89. The number of aryl methyl sites for hydroxylation is 2. The number of furan rings is 1. The Kier molecular flexibility index (Phi) is 4.95. The van der Waals surface area contributed by atoms with Crippen molar-refractivity contribution < 1.29 is 23.8 Å². The summed E-state index contributed by atoms with van der Waals surface area (Å²) in [4.78, 5) is 26.5. The summed E-state index contributed by atoms with van der Waals surface area (Å²) in [5, 5.41) is 13.0. The first-order valence-corrected chi connectivity index (χ1v) is 9.52. The van der Waals surface area contributed by atoms with Gasteiger partial charge in [-0.1, -0.05) is 18.2 Å². The Labute approximate surface area is 163 Å². The van der Waals surface area contributed by atoms with Crippen LogP contribution in [0.5, 0.6) is 0 Å². The number of urea groups is 1. The number of amides is 3. The molecule has 0 bridgehead atoms. The molecule has 1 saturated heterocycles. The molecule has 0 unspecified atom stereocenters. The first kappa shape index (κ1) is 18.7. The number of nitrogens with zero attached hydrogens (tertiary/aromatic N) is 1. The van der Waals surface area contributed by atoms with Crippen LogP contribution in [0, 0.1) is 0 Å². The van der Waals surface area contributed by atoms with Crippen molar-refractivity contribution in [3.05, 3.63) is 59.0 Å². The third-order valence-corrected chi connectivity index (χ3v) is 5.48. The lowest BCUT2D eigenvalue weighted by molar-refractivity contribution is -0.132. The Morgan fingerprint density at radius 2 is 2.11 bits per heavy atom. The number of carbonyl (C=O) groups is 2. The Morgan fingerprint density at radius 3 is 2.89 bits per heavy atom. The molecule has 28 heavy (non-hydrogen) atoms. The van der Waals surface area contributed by atoms with Gasteiger partial charge in [-0.25, -0.2) is 4.79 Å². The standard InChI is InChI=1S/C21H24N2O5/c1-21(16-8-7-14-4-2-5-15(14)10-16)19(25)23(20(26)22-21)11-17(24)12-27-13-18-6-3-9-28-18/h3,6-10,17,24H,2,4-5,11-13H2,1H3,(H,22,26)/t17-,21-/m1/s1. The number of carbonyl (C=O) groups excluding carboxylic acids is 2. The van der Waals surface area contributed by atoms with Gasteiger partial charge in [0, 0.05) is 0 Å². The van der Waals surface area contributed by atoms with Crippen molar-refractivity contribution in [2.45, 2.75) is 44.4 Å². The maximum absolute atomic E-state index is 13.0. The summed E-state index contributed by atoms with van der Waals surface area (Å²) in [7, 11) is 0. The number of hydrogen-bond donors (Lipinski definition) is 2. The van der Waals surface area contributed by atoms with Gasteiger partial charge in [-0.3, -0.25) is 9.69 Å². The number of nitrogens with one attached hydrogen (secondary N) is 1. The number of aliphatic hydroxyl groups excluding tert-OH is 1. The Morgan fingerprint density at radius 1 is 1.29 bits per heavy atom. The zero-order valence-corrected chi connectivity index (χ0v) is 15.8. The number of β-amino-alcohol motifs (C(OH)–C–C–N with tert-alkyl or cyclic N) is 1. The molecule has 2 N–H and O–H groups in total. The van der Waals surface area contributed by atoms with Gasteiger partial charge in [-0.05, 0) is 55.0 Å². The topological polar surface area (TPSA) is 92.0 Å². The Bertz CT molecular complexity index is 879. The lowest BCUT2D eigenvalue weighted by Crippen LogP contribution is -2.42. The minimum absolute atomic E-state index is 0.00663. The van der Waals surface area contributed by atoms with Gasteiger partial charge in [0.15, 0.2) is 0 Å². The van der Waals surface area contributed by atoms with E-state index < -0.39 is 17.7 Å². The zero-order chi connectivity index (χ0) is 19.7. The number of fused-ring (bicyclic) bond motifs is 1. The lowest BCUT2D eigenvalue weighted by atomic mass is 9.89. The fraction of sp³-hybridized carbons (Fsp3) is 0.429. The molecule has 1 aliphatic carbocycles. The quantitative estimate of drug-likeness (QED) is 0.714. The van der Waals surface area contributed by atoms with Gasteiger partial charge >= 0.3 is 6.03 Å². The van der Waals surface area contributed by atoms with E-state index in [2.05, 4.69) is 5.32 Å². The molecule has 2 heterocycles. The number of aliphatic hydroxyl groups is 1. The first-order valence-electron chi connectivity index (χ1n) is 9.52. The normalized spacial score (nSPS) is 22.4. The molecule has 1 aromatic carbocycles. The van der Waals surface area contributed by atoms with Crippen LogP contribution in [0.1, 0.15) is 35.8 Å². The van der Waals surface area contributed by atoms with E-state index in [1.165, 1.54) is 11.1 Å². The number of rotatable bonds is 7. The molecule has 7 nitrogen and oxygen atoms in total. The molecule has 4 rings (SSSR count). The average Bonchev–Trinajstić information content (AvgIpc) is 3.39. The second-order valence-corrected chi connectivity index (χ2v) is 7.56. The minimum Gasteiger partial charge on any atom is -0.467 e. The van der Waals surface area contributed by atoms with Crippen molar-refractivity contribution in [2.24, 2.45) is 0 Å². The molecule has 2 atom stereocenters. The molecule has 7 heteroatoms. The highest BCUT2D eigenvalue weighted by Gasteiger charge is 2.49. The molecule has 1 aromatic heterocycles. The van der Waals surface area contributed by atoms with Crippen LogP contribution in [-0.2, 0) is 34.5 Å². The van der Waals surface area contributed by atoms with Crippen LogP contribution in [0.25, 0.3) is 0 Å². The predicted octanol–water partition coefficient (Wildman–Crippen LogP) is 2.11. The molecule has 1 aliphatic heterocycles. The fourth-order valence-corrected chi connectivity index (χ4v) is 3.89. The summed E-state index contributed by atoms with van der Waals surface area (Å²) in [5.41, 5.74) is 2.21. The van der Waals surface area contributed by atoms with Crippen LogP contribution in [-0.4, -0.2) is 41.2 Å². The van der Waals surface area contributed by atoms with Gasteiger partial charge in [0.1, 0.15) is 17.9 Å². The molecule has 148 valence electrons. The van der Waals surface area contributed by atoms with E-state index in [1.54, 1.807) is 25.3 Å². The third kappa shape index (κ3) is 3.43. The van der Waals surface area contributed by atoms with E-state index in [-0.39, 0.29) is 25.7 Å². The van der Waals surface area contributed by atoms with E-state index in [0.29, 0.717) is 5.76 Å². The second-order valence-electron chi connectivity index (χ2n) is 7.56. The highest BCUT2D eigenvalue weighted by atomic mass is 16.5. The molecule has 0 saturated carbocycles. The van der Waals surface area contributed by atoms with Crippen LogP contribution >= 0.6 is 0 Å². The van der Waals surface area contributed by atoms with Gasteiger partial charge in [-0.15, -0.1) is 0 Å². The maximum Gasteiger partial charge on any atom is 0.325 e. The first-order chi connectivity index (χ1) is 13.5. The monoisotopic (exact) mass is 384 g/mol. The van der Waals surface area contributed by atoms with E-state index in [4.69, 9.17) is 9.15 Å². The van der Waals surface area contributed by atoms with Gasteiger partial charge < -0.3 is 19.6 Å². The molecule has 2 aliphatic rings. The van der Waals surface area contributed by atoms with Crippen molar-refractivity contribution >= 4 is 11.9 Å². The van der Waals surface area contributed by atoms with Crippen LogP contribution in [0.4, 0.5) is 4.79 Å². The number of benzene rings is 1. The smallest absolute Gasteiger partial charge is 0.325 e. The highest BCUT2D eigenvalue weighted by Crippen LogP contribution is 2.32. The summed E-state index contributed by atoms with van der Waals surface area (Å²) >= 11 is 0. The van der Waals surface area contributed by atoms with E-state index in [9.17, 15) is 14.7 Å². The molecule has 2 aromatic rings. The number of ether oxygens (including phenoxy) is 1. The molecule has 0 radical (unpaired) electrons. The van der Waals surface area contributed by atoms with E-state index in [0.717, 1.165) is 29.7 Å². The van der Waals surface area contributed by atoms with E-state index >= 15 is 0 Å². The van der Waals surface area contributed by atoms with Crippen LogP contribution in [0.3, 0.4) is 0 Å². The van der Waals surface area contributed by atoms with Crippen molar-refractivity contribution in [1.29, 1.82) is 0 Å². The second kappa shape index (κ2) is 7.41. The maximum atomic E-state index is 13.0. The van der Waals surface area contributed by atoms with Gasteiger partial charge in [-0.2, -0.15) is 0 Å². The number of hydrogen-bond acceptors (Lipinski definition) is 5. The van der Waals surface area contributed by atoms with Crippen molar-refractivity contribution in [1.82, 2.24) is 10.2 Å². The van der Waals surface area contributed by atoms with Crippen LogP contribution in [0.15, 0.2) is 41.0 Å². The third-order valence-electron chi connectivity index (χ3n) is 5.48. The van der Waals surface area contributed by atoms with Crippen LogP contribution < -0.4 is 5.32 Å². The molecular weight excluding hydrogens is 360 g/mol. The number of imide groups is 1. The van der Waals surface area contributed by atoms with Crippen molar-refractivity contribution in [3.8, 4) is 0 Å².